The number of nitrogens with one attached hydrogen (secondary N) is 2. The Morgan fingerprint density at radius 3 is 2.93 bits per heavy atom. The summed E-state index contributed by atoms with van der Waals surface area (Å²) in [6.07, 6.45) is 1.17. The Hall–Kier alpha value is -3.79. The van der Waals surface area contributed by atoms with E-state index in [1.165, 1.54) is 12.3 Å². The first-order valence-corrected chi connectivity index (χ1v) is 7.98. The number of hydrogen-bond acceptors (Lipinski definition) is 8. The van der Waals surface area contributed by atoms with Crippen molar-refractivity contribution in [1.82, 2.24) is 20.2 Å². The highest BCUT2D eigenvalue weighted by molar-refractivity contribution is 6.31. The number of benzene rings is 2. The van der Waals surface area contributed by atoms with Crippen molar-refractivity contribution in [2.45, 2.75) is 0 Å². The molecular weight excluding hydrogens is 374 g/mol. The van der Waals surface area contributed by atoms with Crippen molar-refractivity contribution >= 4 is 51.5 Å². The van der Waals surface area contributed by atoms with Gasteiger partial charge in [-0.1, -0.05) is 29.8 Å². The summed E-state index contributed by atoms with van der Waals surface area (Å²) in [5.74, 6) is -0.429. The number of halogens is 1. The molecule has 0 spiro atoms. The third kappa shape index (κ3) is 3.09. The van der Waals surface area contributed by atoms with E-state index in [-0.39, 0.29) is 16.5 Å². The molecule has 27 heavy (non-hydrogen) atoms. The van der Waals surface area contributed by atoms with Gasteiger partial charge in [0.2, 0.25) is 5.75 Å². The Labute approximate surface area is 155 Å². The first kappa shape index (κ1) is 16.7. The summed E-state index contributed by atoms with van der Waals surface area (Å²) >= 11 is 5.83. The van der Waals surface area contributed by atoms with E-state index in [9.17, 15) is 15.2 Å². The summed E-state index contributed by atoms with van der Waals surface area (Å²) < 4.78 is 0. The molecule has 0 radical (unpaired) electrons. The van der Waals surface area contributed by atoms with E-state index >= 15 is 0 Å². The molecular formula is C16H10ClN7O3. The molecule has 0 bridgehead atoms. The van der Waals surface area contributed by atoms with Crippen LogP contribution in [0.5, 0.6) is 5.75 Å². The van der Waals surface area contributed by atoms with Crippen molar-refractivity contribution in [3.05, 3.63) is 57.1 Å². The normalized spacial score (nSPS) is 11.4. The highest BCUT2D eigenvalue weighted by atomic mass is 35.5. The molecule has 134 valence electrons. The van der Waals surface area contributed by atoms with E-state index in [2.05, 4.69) is 30.7 Å². The lowest BCUT2D eigenvalue weighted by Crippen LogP contribution is -1.99. The minimum Gasteiger partial charge on any atom is -0.502 e. The van der Waals surface area contributed by atoms with Gasteiger partial charge in [0.1, 0.15) is 5.52 Å². The number of hydrazone groups is 1. The number of rotatable bonds is 4. The molecule has 2 aromatic heterocycles. The Balaban J connectivity index is 1.62. The molecule has 0 fully saturated rings. The molecule has 2 heterocycles. The van der Waals surface area contributed by atoms with Crippen LogP contribution in [-0.2, 0) is 0 Å². The van der Waals surface area contributed by atoms with Gasteiger partial charge in [-0.2, -0.15) is 10.1 Å². The molecule has 0 unspecified atom stereocenters. The highest BCUT2D eigenvalue weighted by Crippen LogP contribution is 2.32. The molecule has 3 N–H and O–H groups in total. The van der Waals surface area contributed by atoms with Crippen LogP contribution in [0.1, 0.15) is 5.56 Å². The zero-order valence-electron chi connectivity index (χ0n) is 13.4. The van der Waals surface area contributed by atoms with Gasteiger partial charge in [0.05, 0.1) is 11.1 Å². The zero-order valence-corrected chi connectivity index (χ0v) is 14.2. The minimum atomic E-state index is -0.733. The molecule has 0 amide bonds. The number of phenols is 1. The summed E-state index contributed by atoms with van der Waals surface area (Å²) in [7, 11) is 0. The maximum Gasteiger partial charge on any atom is 0.312 e. The summed E-state index contributed by atoms with van der Waals surface area (Å²) in [4.78, 5) is 17.6. The van der Waals surface area contributed by atoms with E-state index in [1.807, 2.05) is 24.3 Å². The molecule has 0 aliphatic rings. The number of anilines is 1. The lowest BCUT2D eigenvalue weighted by Gasteiger charge is -2.01. The first-order chi connectivity index (χ1) is 13.0. The number of aromatic hydroxyl groups is 1. The zero-order chi connectivity index (χ0) is 19.0. The molecule has 0 aliphatic heterocycles. The number of aromatic amines is 1. The largest absolute Gasteiger partial charge is 0.502 e. The van der Waals surface area contributed by atoms with E-state index in [0.29, 0.717) is 11.2 Å². The van der Waals surface area contributed by atoms with E-state index < -0.39 is 16.4 Å². The van der Waals surface area contributed by atoms with Gasteiger partial charge in [-0.05, 0) is 12.1 Å². The molecule has 2 aromatic carbocycles. The molecule has 4 rings (SSSR count). The van der Waals surface area contributed by atoms with E-state index in [1.54, 1.807) is 0 Å². The van der Waals surface area contributed by atoms with Crippen LogP contribution < -0.4 is 5.43 Å². The fraction of sp³-hybridized carbons (Fsp3) is 0. The van der Waals surface area contributed by atoms with Crippen LogP contribution in [0.15, 0.2) is 41.5 Å². The van der Waals surface area contributed by atoms with Gasteiger partial charge < -0.3 is 10.1 Å². The number of fused-ring (bicyclic) bond motifs is 3. The first-order valence-electron chi connectivity index (χ1n) is 7.60. The second kappa shape index (κ2) is 6.50. The van der Waals surface area contributed by atoms with E-state index in [0.717, 1.165) is 17.0 Å². The maximum atomic E-state index is 10.9. The fourth-order valence-corrected chi connectivity index (χ4v) is 2.79. The molecule has 0 saturated carbocycles. The monoisotopic (exact) mass is 383 g/mol. The summed E-state index contributed by atoms with van der Waals surface area (Å²) in [6, 6.07) is 9.99. The third-order valence-electron chi connectivity index (χ3n) is 3.77. The predicted octanol–water partition coefficient (Wildman–Crippen LogP) is 3.22. The fourth-order valence-electron chi connectivity index (χ4n) is 2.57. The summed E-state index contributed by atoms with van der Waals surface area (Å²) in [5.41, 5.74) is 4.16. The SMILES string of the molecule is O=[N+]([O-])c1cc(Cl)cc(C=NNc2nnc3c(n2)[nH]c2ccccc23)c1O. The molecule has 0 saturated heterocycles. The van der Waals surface area contributed by atoms with Crippen molar-refractivity contribution < 1.29 is 10.0 Å². The number of nitro groups is 1. The lowest BCUT2D eigenvalue weighted by atomic mass is 10.2. The van der Waals surface area contributed by atoms with Crippen LogP contribution in [0.4, 0.5) is 11.6 Å². The van der Waals surface area contributed by atoms with Crippen molar-refractivity contribution in [2.75, 3.05) is 5.43 Å². The van der Waals surface area contributed by atoms with Crippen LogP contribution in [-0.4, -0.2) is 36.4 Å². The van der Waals surface area contributed by atoms with Crippen molar-refractivity contribution in [3.8, 4) is 5.75 Å². The Morgan fingerprint density at radius 2 is 2.11 bits per heavy atom. The van der Waals surface area contributed by atoms with Crippen molar-refractivity contribution in [3.63, 3.8) is 0 Å². The van der Waals surface area contributed by atoms with Gasteiger partial charge in [-0.15, -0.1) is 10.2 Å². The summed E-state index contributed by atoms with van der Waals surface area (Å²) in [6.45, 7) is 0. The van der Waals surface area contributed by atoms with Crippen LogP contribution in [0.25, 0.3) is 22.1 Å². The molecule has 0 aliphatic carbocycles. The standard InChI is InChI=1S/C16H10ClN7O3/c17-9-5-8(14(25)12(6-9)24(26)27)7-18-22-16-20-15-13(21-23-16)10-3-1-2-4-11(10)19-15/h1-7,25H,(H2,19,20,22,23). The molecule has 0 atom stereocenters. The smallest absolute Gasteiger partial charge is 0.312 e. The van der Waals surface area contributed by atoms with Crippen molar-refractivity contribution in [1.29, 1.82) is 0 Å². The lowest BCUT2D eigenvalue weighted by molar-refractivity contribution is -0.385. The molecule has 10 nitrogen and oxygen atoms in total. The van der Waals surface area contributed by atoms with Crippen molar-refractivity contribution in [2.24, 2.45) is 5.10 Å². The Kier molecular flexibility index (Phi) is 4.01. The quantitative estimate of drug-likeness (QED) is 0.279. The molecule has 11 heteroatoms. The van der Waals surface area contributed by atoms with Gasteiger partial charge in [-0.25, -0.2) is 5.43 Å². The van der Waals surface area contributed by atoms with Crippen LogP contribution >= 0.6 is 11.6 Å². The number of nitrogens with zero attached hydrogens (tertiary/aromatic N) is 5. The number of phenolic OH excluding ortho intramolecular Hbond substituents is 1. The number of hydrogen-bond donors (Lipinski definition) is 3. The average molecular weight is 384 g/mol. The van der Waals surface area contributed by atoms with Crippen LogP contribution in [0.3, 0.4) is 0 Å². The Morgan fingerprint density at radius 1 is 1.30 bits per heavy atom. The van der Waals surface area contributed by atoms with Gasteiger partial charge in [-0.3, -0.25) is 10.1 Å². The predicted molar refractivity (Wildman–Crippen MR) is 100 cm³/mol. The van der Waals surface area contributed by atoms with Gasteiger partial charge in [0, 0.05) is 27.6 Å². The number of para-hydroxylation sites is 1. The second-order valence-electron chi connectivity index (χ2n) is 5.49. The van der Waals surface area contributed by atoms with Gasteiger partial charge >= 0.3 is 5.69 Å². The number of aromatic nitrogens is 4. The highest BCUT2D eigenvalue weighted by Gasteiger charge is 2.17. The topological polar surface area (TPSA) is 142 Å². The second-order valence-corrected chi connectivity index (χ2v) is 5.93. The number of H-pyrrole nitrogens is 1. The van der Waals surface area contributed by atoms with Gasteiger partial charge in [0.25, 0.3) is 5.95 Å². The third-order valence-corrected chi connectivity index (χ3v) is 3.99. The minimum absolute atomic E-state index is 0.0707. The van der Waals surface area contributed by atoms with Gasteiger partial charge in [0.15, 0.2) is 5.65 Å². The van der Waals surface area contributed by atoms with Crippen LogP contribution in [0.2, 0.25) is 5.02 Å². The Bertz CT molecular complexity index is 1220. The van der Waals surface area contributed by atoms with Crippen LogP contribution in [0, 0.1) is 10.1 Å². The summed E-state index contributed by atoms with van der Waals surface area (Å²) in [5, 5.41) is 33.8. The average Bonchev–Trinajstić information content (AvgIpc) is 3.01. The van der Waals surface area contributed by atoms with E-state index in [4.69, 9.17) is 11.6 Å². The number of nitro benzene ring substituents is 1. The maximum absolute atomic E-state index is 10.9. The molecule has 4 aromatic rings.